The maximum absolute atomic E-state index is 15.1. The van der Waals surface area contributed by atoms with E-state index in [0.29, 0.717) is 0 Å². The number of ether oxygens (including phenoxy) is 2. The first-order valence-electron chi connectivity index (χ1n) is 10.6. The number of aromatic nitrogens is 2. The van der Waals surface area contributed by atoms with Crippen molar-refractivity contribution in [3.8, 4) is 28.4 Å². The van der Waals surface area contributed by atoms with Crippen molar-refractivity contribution in [3.63, 3.8) is 0 Å². The standard InChI is InChI=1S/C25H18F5N3O4/c1-32-22(20-18(27)11-17(36-2)12-19(20)28)21(24(35)33(32)15-7-5-14(26)6-8-15)31-23(34)13-3-9-16(10-4-13)37-25(29)30/h3-12,25H,1-2H3,(H,31,34). The molecule has 0 unspecified atom stereocenters. The summed E-state index contributed by atoms with van der Waals surface area (Å²) < 4.78 is 79.6. The van der Waals surface area contributed by atoms with Gasteiger partial charge in [-0.25, -0.2) is 17.9 Å². The Balaban J connectivity index is 1.86. The molecular weight excluding hydrogens is 501 g/mol. The number of carbonyl (C=O) groups excluding carboxylic acids is 1. The van der Waals surface area contributed by atoms with Gasteiger partial charge in [-0.05, 0) is 48.5 Å². The van der Waals surface area contributed by atoms with Gasteiger partial charge < -0.3 is 14.8 Å². The van der Waals surface area contributed by atoms with Gasteiger partial charge in [0.25, 0.3) is 11.5 Å². The Morgan fingerprint density at radius 3 is 2.05 bits per heavy atom. The van der Waals surface area contributed by atoms with Gasteiger partial charge in [-0.3, -0.25) is 14.3 Å². The number of halogens is 5. The Morgan fingerprint density at radius 2 is 1.51 bits per heavy atom. The summed E-state index contributed by atoms with van der Waals surface area (Å²) in [7, 11) is 2.55. The number of hydrogen-bond acceptors (Lipinski definition) is 4. The van der Waals surface area contributed by atoms with Crippen molar-refractivity contribution >= 4 is 11.6 Å². The van der Waals surface area contributed by atoms with Gasteiger partial charge in [0.15, 0.2) is 0 Å². The van der Waals surface area contributed by atoms with E-state index < -0.39 is 46.8 Å². The van der Waals surface area contributed by atoms with Crippen LogP contribution >= 0.6 is 0 Å². The molecule has 0 aliphatic heterocycles. The van der Waals surface area contributed by atoms with E-state index in [9.17, 15) is 22.8 Å². The Morgan fingerprint density at radius 1 is 0.919 bits per heavy atom. The highest BCUT2D eigenvalue weighted by Gasteiger charge is 2.27. The van der Waals surface area contributed by atoms with Crippen molar-refractivity contribution in [3.05, 3.63) is 94.0 Å². The smallest absolute Gasteiger partial charge is 0.387 e. The van der Waals surface area contributed by atoms with Crippen LogP contribution < -0.4 is 20.3 Å². The fourth-order valence-corrected chi connectivity index (χ4v) is 3.74. The third-order valence-corrected chi connectivity index (χ3v) is 5.41. The largest absolute Gasteiger partial charge is 0.497 e. The monoisotopic (exact) mass is 519 g/mol. The molecule has 192 valence electrons. The van der Waals surface area contributed by atoms with Crippen LogP contribution in [0.3, 0.4) is 0 Å². The van der Waals surface area contributed by atoms with Gasteiger partial charge in [0, 0.05) is 24.7 Å². The van der Waals surface area contributed by atoms with Crippen LogP contribution in [0.15, 0.2) is 65.5 Å². The first-order valence-corrected chi connectivity index (χ1v) is 10.6. The van der Waals surface area contributed by atoms with Gasteiger partial charge in [-0.2, -0.15) is 8.78 Å². The van der Waals surface area contributed by atoms with Gasteiger partial charge >= 0.3 is 6.61 Å². The van der Waals surface area contributed by atoms with E-state index >= 15 is 8.78 Å². The Hall–Kier alpha value is -4.61. The molecule has 1 heterocycles. The second-order valence-electron chi connectivity index (χ2n) is 7.66. The zero-order valence-electron chi connectivity index (χ0n) is 19.3. The van der Waals surface area contributed by atoms with Gasteiger partial charge in [-0.1, -0.05) is 0 Å². The van der Waals surface area contributed by atoms with Gasteiger partial charge in [0.2, 0.25) is 0 Å². The minimum absolute atomic E-state index is 0.0557. The summed E-state index contributed by atoms with van der Waals surface area (Å²) in [5.41, 5.74) is -2.20. The van der Waals surface area contributed by atoms with Crippen LogP contribution in [0.2, 0.25) is 0 Å². The van der Waals surface area contributed by atoms with Crippen LogP contribution in [-0.2, 0) is 7.05 Å². The van der Waals surface area contributed by atoms with Crippen LogP contribution in [0.25, 0.3) is 16.9 Å². The number of anilines is 1. The average molecular weight is 519 g/mol. The summed E-state index contributed by atoms with van der Waals surface area (Å²) in [6.45, 7) is -3.06. The van der Waals surface area contributed by atoms with Crippen LogP contribution in [-0.4, -0.2) is 29.0 Å². The second kappa shape index (κ2) is 10.2. The Kier molecular flexibility index (Phi) is 7.00. The van der Waals surface area contributed by atoms with Gasteiger partial charge in [0.05, 0.1) is 18.4 Å². The maximum Gasteiger partial charge on any atom is 0.387 e. The predicted molar refractivity (Wildman–Crippen MR) is 124 cm³/mol. The minimum atomic E-state index is -3.06. The molecule has 0 radical (unpaired) electrons. The molecular formula is C25H18F5N3O4. The number of amides is 1. The Labute approximate surface area is 206 Å². The lowest BCUT2D eigenvalue weighted by Gasteiger charge is -2.13. The van der Waals surface area contributed by atoms with Gasteiger partial charge in [0.1, 0.15) is 40.3 Å². The van der Waals surface area contributed by atoms with Gasteiger partial charge in [-0.15, -0.1) is 0 Å². The zero-order valence-corrected chi connectivity index (χ0v) is 19.3. The van der Waals surface area contributed by atoms with E-state index in [0.717, 1.165) is 45.8 Å². The van der Waals surface area contributed by atoms with Crippen LogP contribution in [0, 0.1) is 17.5 Å². The number of benzene rings is 3. The Bertz CT molecular complexity index is 1490. The summed E-state index contributed by atoms with van der Waals surface area (Å²) in [5.74, 6) is -3.91. The highest BCUT2D eigenvalue weighted by atomic mass is 19.3. The van der Waals surface area contributed by atoms with Crippen molar-refractivity contribution in [2.75, 3.05) is 12.4 Å². The number of carbonyl (C=O) groups is 1. The average Bonchev–Trinajstić information content (AvgIpc) is 3.08. The van der Waals surface area contributed by atoms with Crippen LogP contribution in [0.5, 0.6) is 11.5 Å². The third-order valence-electron chi connectivity index (χ3n) is 5.41. The topological polar surface area (TPSA) is 74.5 Å². The molecule has 0 saturated heterocycles. The van der Waals surface area contributed by atoms with E-state index in [1.54, 1.807) is 0 Å². The van der Waals surface area contributed by atoms with E-state index in [1.165, 1.54) is 38.4 Å². The molecule has 7 nitrogen and oxygen atoms in total. The van der Waals surface area contributed by atoms with Crippen LogP contribution in [0.4, 0.5) is 27.6 Å². The maximum atomic E-state index is 15.1. The summed E-state index contributed by atoms with van der Waals surface area (Å²) >= 11 is 0. The van der Waals surface area contributed by atoms with Crippen LogP contribution in [0.1, 0.15) is 10.4 Å². The normalized spacial score (nSPS) is 11.0. The summed E-state index contributed by atoms with van der Waals surface area (Å²) in [6.07, 6.45) is 0. The molecule has 1 N–H and O–H groups in total. The van der Waals surface area contributed by atoms with E-state index in [-0.39, 0.29) is 28.4 Å². The number of nitrogens with one attached hydrogen (secondary N) is 1. The number of methoxy groups -OCH3 is 1. The summed E-state index contributed by atoms with van der Waals surface area (Å²) in [5, 5.41) is 2.36. The highest BCUT2D eigenvalue weighted by molar-refractivity contribution is 6.06. The molecule has 0 spiro atoms. The molecule has 0 aliphatic carbocycles. The van der Waals surface area contributed by atoms with E-state index in [4.69, 9.17) is 4.74 Å². The van der Waals surface area contributed by atoms with E-state index in [1.807, 2.05) is 0 Å². The second-order valence-corrected chi connectivity index (χ2v) is 7.66. The van der Waals surface area contributed by atoms with Crippen molar-refractivity contribution in [1.82, 2.24) is 9.36 Å². The van der Waals surface area contributed by atoms with E-state index in [2.05, 4.69) is 10.1 Å². The SMILES string of the molecule is COc1cc(F)c(-c2c(NC(=O)c3ccc(OC(F)F)cc3)c(=O)n(-c3ccc(F)cc3)n2C)c(F)c1. The molecule has 1 aromatic heterocycles. The molecule has 12 heteroatoms. The number of rotatable bonds is 7. The molecule has 3 aromatic carbocycles. The lowest BCUT2D eigenvalue weighted by molar-refractivity contribution is -0.0498. The van der Waals surface area contributed by atoms with Crippen molar-refractivity contribution in [1.29, 1.82) is 0 Å². The number of hydrogen-bond donors (Lipinski definition) is 1. The number of alkyl halides is 2. The fourth-order valence-electron chi connectivity index (χ4n) is 3.74. The minimum Gasteiger partial charge on any atom is -0.497 e. The van der Waals surface area contributed by atoms with Crippen molar-refractivity contribution in [2.45, 2.75) is 6.61 Å². The zero-order chi connectivity index (χ0) is 26.9. The molecule has 0 fully saturated rings. The summed E-state index contributed by atoms with van der Waals surface area (Å²) in [6, 6.07) is 11.1. The number of nitrogens with zero attached hydrogens (tertiary/aromatic N) is 2. The predicted octanol–water partition coefficient (Wildman–Crippen LogP) is 5.12. The fraction of sp³-hybridized carbons (Fsp3) is 0.120. The first-order chi connectivity index (χ1) is 17.6. The molecule has 0 saturated carbocycles. The lowest BCUT2D eigenvalue weighted by atomic mass is 10.1. The third kappa shape index (κ3) is 5.03. The van der Waals surface area contributed by atoms with Crippen molar-refractivity contribution < 1.29 is 36.2 Å². The lowest BCUT2D eigenvalue weighted by Crippen LogP contribution is -2.23. The molecule has 0 bridgehead atoms. The first kappa shape index (κ1) is 25.5. The molecule has 37 heavy (non-hydrogen) atoms. The molecule has 4 aromatic rings. The molecule has 0 aliphatic rings. The molecule has 0 atom stereocenters. The molecule has 1 amide bonds. The highest BCUT2D eigenvalue weighted by Crippen LogP contribution is 2.34. The molecule has 4 rings (SSSR count). The van der Waals surface area contributed by atoms with Crippen molar-refractivity contribution in [2.24, 2.45) is 7.05 Å². The quantitative estimate of drug-likeness (QED) is 0.344. The summed E-state index contributed by atoms with van der Waals surface area (Å²) in [4.78, 5) is 26.4.